The van der Waals surface area contributed by atoms with Crippen LogP contribution in [0.15, 0.2) is 60.7 Å². The van der Waals surface area contributed by atoms with Crippen LogP contribution in [0.5, 0.6) is 0 Å². The van der Waals surface area contributed by atoms with Crippen molar-refractivity contribution >= 4 is 17.3 Å². The van der Waals surface area contributed by atoms with Crippen LogP contribution in [0.4, 0.5) is 23.2 Å². The molecule has 0 bridgehead atoms. The summed E-state index contributed by atoms with van der Waals surface area (Å²) in [6.45, 7) is 7.48. The molecule has 0 aliphatic heterocycles. The molecule has 0 heterocycles. The van der Waals surface area contributed by atoms with Gasteiger partial charge in [-0.2, -0.15) is 13.2 Å². The maximum Gasteiger partial charge on any atom is 0.416 e. The van der Waals surface area contributed by atoms with E-state index in [0.29, 0.717) is 12.5 Å². The van der Waals surface area contributed by atoms with Crippen molar-refractivity contribution in [2.45, 2.75) is 39.9 Å². The fourth-order valence-electron chi connectivity index (χ4n) is 3.53. The summed E-state index contributed by atoms with van der Waals surface area (Å²) in [4.78, 5) is 2.16. The molecule has 3 aromatic carbocycles. The SMILES string of the molecule is Cc1ccc(N(CCC(C)C)Cc2ccc(Cl)c(F)c2)cc1-c1ccc(C(F)(F)F)cc1. The topological polar surface area (TPSA) is 3.24 Å². The summed E-state index contributed by atoms with van der Waals surface area (Å²) in [5, 5.41) is 0.0856. The monoisotopic (exact) mass is 463 g/mol. The summed E-state index contributed by atoms with van der Waals surface area (Å²) in [6, 6.07) is 16.0. The molecule has 6 heteroatoms. The van der Waals surface area contributed by atoms with E-state index in [0.717, 1.165) is 53.0 Å². The van der Waals surface area contributed by atoms with Crippen molar-refractivity contribution in [1.82, 2.24) is 0 Å². The number of hydrogen-bond acceptors (Lipinski definition) is 1. The molecule has 1 nitrogen and oxygen atoms in total. The Morgan fingerprint density at radius 2 is 1.62 bits per heavy atom. The highest BCUT2D eigenvalue weighted by molar-refractivity contribution is 6.30. The molecule has 3 aromatic rings. The van der Waals surface area contributed by atoms with E-state index in [2.05, 4.69) is 18.7 Å². The minimum Gasteiger partial charge on any atom is -0.367 e. The molecule has 0 amide bonds. The number of aryl methyl sites for hydroxylation is 1. The normalized spacial score (nSPS) is 11.8. The molecule has 0 aliphatic rings. The van der Waals surface area contributed by atoms with Gasteiger partial charge in [-0.3, -0.25) is 0 Å². The van der Waals surface area contributed by atoms with Gasteiger partial charge in [0.1, 0.15) is 5.82 Å². The Morgan fingerprint density at radius 1 is 0.938 bits per heavy atom. The van der Waals surface area contributed by atoms with Crippen molar-refractivity contribution in [2.75, 3.05) is 11.4 Å². The average Bonchev–Trinajstić information content (AvgIpc) is 2.73. The molecule has 0 radical (unpaired) electrons. The summed E-state index contributed by atoms with van der Waals surface area (Å²) >= 11 is 5.82. The van der Waals surface area contributed by atoms with Crippen LogP contribution in [0.1, 0.15) is 37.0 Å². The Morgan fingerprint density at radius 3 is 2.22 bits per heavy atom. The Bertz CT molecular complexity index is 1060. The molecule has 0 unspecified atom stereocenters. The predicted octanol–water partition coefficient (Wildman–Crippen LogP) is 8.53. The van der Waals surface area contributed by atoms with Gasteiger partial charge in [-0.15, -0.1) is 0 Å². The van der Waals surface area contributed by atoms with Gasteiger partial charge in [-0.05, 0) is 77.9 Å². The van der Waals surface area contributed by atoms with Gasteiger partial charge in [0.25, 0.3) is 0 Å². The molecule has 0 aromatic heterocycles. The van der Waals surface area contributed by atoms with Crippen LogP contribution < -0.4 is 4.90 Å². The molecule has 0 fully saturated rings. The minimum absolute atomic E-state index is 0.0856. The highest BCUT2D eigenvalue weighted by atomic mass is 35.5. The number of nitrogens with zero attached hydrogens (tertiary/aromatic N) is 1. The molecule has 0 spiro atoms. The molecule has 0 aliphatic carbocycles. The van der Waals surface area contributed by atoms with E-state index in [4.69, 9.17) is 11.6 Å². The fourth-order valence-corrected chi connectivity index (χ4v) is 3.65. The van der Waals surface area contributed by atoms with Gasteiger partial charge < -0.3 is 4.90 Å². The van der Waals surface area contributed by atoms with Gasteiger partial charge in [0.05, 0.1) is 10.6 Å². The lowest BCUT2D eigenvalue weighted by molar-refractivity contribution is -0.137. The van der Waals surface area contributed by atoms with E-state index >= 15 is 0 Å². The van der Waals surface area contributed by atoms with Crippen molar-refractivity contribution in [3.8, 4) is 11.1 Å². The Labute approximate surface area is 191 Å². The van der Waals surface area contributed by atoms with Crippen LogP contribution in [0, 0.1) is 18.7 Å². The zero-order valence-electron chi connectivity index (χ0n) is 18.3. The van der Waals surface area contributed by atoms with E-state index in [1.165, 1.54) is 18.2 Å². The fraction of sp³-hybridized carbons (Fsp3) is 0.308. The lowest BCUT2D eigenvalue weighted by Crippen LogP contribution is -2.25. The maximum absolute atomic E-state index is 14.0. The molecule has 0 atom stereocenters. The molecular formula is C26H26ClF4N. The summed E-state index contributed by atoms with van der Waals surface area (Å²) in [5.41, 5.74) is 3.62. The third-order valence-corrected chi connectivity index (χ3v) is 5.75. The number of halogens is 5. The van der Waals surface area contributed by atoms with Gasteiger partial charge in [0, 0.05) is 18.8 Å². The van der Waals surface area contributed by atoms with Crippen LogP contribution in [0.3, 0.4) is 0 Å². The number of rotatable bonds is 7. The van der Waals surface area contributed by atoms with E-state index in [1.54, 1.807) is 12.1 Å². The number of anilines is 1. The summed E-state index contributed by atoms with van der Waals surface area (Å²) in [6.07, 6.45) is -3.42. The predicted molar refractivity (Wildman–Crippen MR) is 124 cm³/mol. The highest BCUT2D eigenvalue weighted by Crippen LogP contribution is 2.33. The Balaban J connectivity index is 1.95. The van der Waals surface area contributed by atoms with Crippen LogP contribution in [0.2, 0.25) is 5.02 Å². The zero-order valence-corrected chi connectivity index (χ0v) is 19.1. The second kappa shape index (κ2) is 9.95. The van der Waals surface area contributed by atoms with Crippen LogP contribution in [0.25, 0.3) is 11.1 Å². The van der Waals surface area contributed by atoms with Crippen molar-refractivity contribution < 1.29 is 17.6 Å². The first-order valence-electron chi connectivity index (χ1n) is 10.5. The minimum atomic E-state index is -4.36. The molecule has 3 rings (SSSR count). The first-order chi connectivity index (χ1) is 15.0. The third-order valence-electron chi connectivity index (χ3n) is 5.44. The highest BCUT2D eigenvalue weighted by Gasteiger charge is 2.30. The van der Waals surface area contributed by atoms with E-state index < -0.39 is 17.6 Å². The van der Waals surface area contributed by atoms with Gasteiger partial charge in [0.15, 0.2) is 0 Å². The van der Waals surface area contributed by atoms with Gasteiger partial charge in [-0.25, -0.2) is 4.39 Å². The Kier molecular flexibility index (Phi) is 7.50. The lowest BCUT2D eigenvalue weighted by Gasteiger charge is -2.27. The second-order valence-electron chi connectivity index (χ2n) is 8.43. The smallest absolute Gasteiger partial charge is 0.367 e. The average molecular weight is 464 g/mol. The summed E-state index contributed by atoms with van der Waals surface area (Å²) < 4.78 is 52.8. The largest absolute Gasteiger partial charge is 0.416 e. The molecule has 0 N–H and O–H groups in total. The first-order valence-corrected chi connectivity index (χ1v) is 10.9. The van der Waals surface area contributed by atoms with Crippen molar-refractivity contribution in [2.24, 2.45) is 5.92 Å². The molecule has 0 saturated heterocycles. The maximum atomic E-state index is 14.0. The number of alkyl halides is 3. The number of benzene rings is 3. The van der Waals surface area contributed by atoms with Crippen molar-refractivity contribution in [3.63, 3.8) is 0 Å². The van der Waals surface area contributed by atoms with Gasteiger partial charge in [0.2, 0.25) is 0 Å². The number of hydrogen-bond donors (Lipinski definition) is 0. The second-order valence-corrected chi connectivity index (χ2v) is 8.83. The van der Waals surface area contributed by atoms with Crippen LogP contribution in [-0.2, 0) is 12.7 Å². The summed E-state index contributed by atoms with van der Waals surface area (Å²) in [5.74, 6) is 0.0293. The molecular weight excluding hydrogens is 438 g/mol. The van der Waals surface area contributed by atoms with Crippen molar-refractivity contribution in [1.29, 1.82) is 0 Å². The molecule has 32 heavy (non-hydrogen) atoms. The van der Waals surface area contributed by atoms with E-state index in [9.17, 15) is 17.6 Å². The standard InChI is InChI=1S/C26H26ClF4N/c1-17(2)12-13-32(16-19-5-11-24(27)25(28)14-19)22-10-4-18(3)23(15-22)20-6-8-21(9-7-20)26(29,30)31/h4-11,14-15,17H,12-13,16H2,1-3H3. The van der Waals surface area contributed by atoms with Crippen LogP contribution in [-0.4, -0.2) is 6.54 Å². The first kappa shape index (κ1) is 24.1. The molecule has 170 valence electrons. The zero-order chi connectivity index (χ0) is 23.5. The van der Waals surface area contributed by atoms with Gasteiger partial charge in [-0.1, -0.05) is 49.7 Å². The van der Waals surface area contributed by atoms with Crippen LogP contribution >= 0.6 is 11.6 Å². The van der Waals surface area contributed by atoms with E-state index in [1.807, 2.05) is 25.1 Å². The van der Waals surface area contributed by atoms with E-state index in [-0.39, 0.29) is 5.02 Å². The quantitative estimate of drug-likeness (QED) is 0.317. The summed E-state index contributed by atoms with van der Waals surface area (Å²) in [7, 11) is 0. The van der Waals surface area contributed by atoms with Crippen molar-refractivity contribution in [3.05, 3.63) is 88.2 Å². The Hall–Kier alpha value is -2.53. The molecule has 0 saturated carbocycles. The lowest BCUT2D eigenvalue weighted by atomic mass is 9.98. The third kappa shape index (κ3) is 6.04. The van der Waals surface area contributed by atoms with Gasteiger partial charge >= 0.3 is 6.18 Å².